The van der Waals surface area contributed by atoms with Crippen molar-refractivity contribution < 1.29 is 13.2 Å². The lowest BCUT2D eigenvalue weighted by molar-refractivity contribution is -0.126. The fourth-order valence-corrected chi connectivity index (χ4v) is 6.12. The fourth-order valence-electron chi connectivity index (χ4n) is 4.07. The number of hydrogen-bond acceptors (Lipinski definition) is 3. The lowest BCUT2D eigenvalue weighted by atomic mass is 9.96. The average Bonchev–Trinajstić information content (AvgIpc) is 2.65. The molecule has 0 aromatic heterocycles. The van der Waals surface area contributed by atoms with Gasteiger partial charge in [0.25, 0.3) is 0 Å². The zero-order valence-electron chi connectivity index (χ0n) is 19.1. The zero-order chi connectivity index (χ0) is 21.9. The number of carbonyl (C=O) groups excluding carboxylic acids is 1. The highest BCUT2D eigenvalue weighted by atomic mass is 32.2. The molecular weight excluding hydrogens is 384 g/mol. The Bertz CT molecular complexity index is 812. The van der Waals surface area contributed by atoms with Gasteiger partial charge in [-0.1, -0.05) is 19.9 Å². The number of rotatable bonds is 7. The van der Waals surface area contributed by atoms with E-state index in [4.69, 9.17) is 0 Å². The molecule has 1 saturated heterocycles. The second-order valence-electron chi connectivity index (χ2n) is 9.15. The molecule has 1 atom stereocenters. The van der Waals surface area contributed by atoms with Crippen molar-refractivity contribution in [2.45, 2.75) is 85.1 Å². The molecule has 6 heteroatoms. The van der Waals surface area contributed by atoms with Crippen LogP contribution in [0.15, 0.2) is 11.0 Å². The minimum Gasteiger partial charge on any atom is -0.353 e. The van der Waals surface area contributed by atoms with Gasteiger partial charge in [-0.3, -0.25) is 4.79 Å². The first-order chi connectivity index (χ1) is 13.4. The Labute approximate surface area is 177 Å². The molecule has 0 aliphatic carbocycles. The average molecular weight is 423 g/mol. The highest BCUT2D eigenvalue weighted by Gasteiger charge is 2.34. The normalized spacial score (nSPS) is 17.5. The summed E-state index contributed by atoms with van der Waals surface area (Å²) in [5.74, 6) is 0.585. The van der Waals surface area contributed by atoms with Crippen LogP contribution in [0.1, 0.15) is 68.7 Å². The van der Waals surface area contributed by atoms with Crippen LogP contribution in [0.3, 0.4) is 0 Å². The third-order valence-electron chi connectivity index (χ3n) is 6.29. The number of hydrogen-bond donors (Lipinski definition) is 1. The highest BCUT2D eigenvalue weighted by Crippen LogP contribution is 2.31. The van der Waals surface area contributed by atoms with Gasteiger partial charge in [0.2, 0.25) is 15.9 Å². The predicted molar refractivity (Wildman–Crippen MR) is 119 cm³/mol. The van der Waals surface area contributed by atoms with Gasteiger partial charge in [-0.25, -0.2) is 8.42 Å². The van der Waals surface area contributed by atoms with E-state index in [1.165, 1.54) is 0 Å². The lowest BCUT2D eigenvalue weighted by Crippen LogP contribution is -2.45. The Morgan fingerprint density at radius 1 is 1.03 bits per heavy atom. The van der Waals surface area contributed by atoms with Crippen molar-refractivity contribution in [3.63, 3.8) is 0 Å². The van der Waals surface area contributed by atoms with Crippen molar-refractivity contribution in [1.82, 2.24) is 9.62 Å². The Kier molecular flexibility index (Phi) is 7.91. The number of amides is 1. The van der Waals surface area contributed by atoms with Gasteiger partial charge in [-0.15, -0.1) is 0 Å². The Morgan fingerprint density at radius 2 is 1.55 bits per heavy atom. The lowest BCUT2D eigenvalue weighted by Gasteiger charge is -2.32. The quantitative estimate of drug-likeness (QED) is 0.714. The minimum atomic E-state index is -3.56. The number of aryl methyl sites for hydroxylation is 2. The summed E-state index contributed by atoms with van der Waals surface area (Å²) in [6.45, 7) is 14.9. The van der Waals surface area contributed by atoms with Crippen LogP contribution < -0.4 is 5.32 Å². The van der Waals surface area contributed by atoms with Crippen molar-refractivity contribution in [3.8, 4) is 0 Å². The molecule has 2 rings (SSSR count). The number of piperidine rings is 1. The third kappa shape index (κ3) is 5.60. The van der Waals surface area contributed by atoms with Crippen LogP contribution in [-0.4, -0.2) is 37.8 Å². The molecule has 0 bridgehead atoms. The number of nitrogens with one attached hydrogen (secondary N) is 1. The summed E-state index contributed by atoms with van der Waals surface area (Å²) in [6, 6.07) is 2.20. The van der Waals surface area contributed by atoms with Gasteiger partial charge in [-0.2, -0.15) is 4.31 Å². The summed E-state index contributed by atoms with van der Waals surface area (Å²) in [5, 5.41) is 3.12. The van der Waals surface area contributed by atoms with E-state index in [-0.39, 0.29) is 17.9 Å². The largest absolute Gasteiger partial charge is 0.353 e. The van der Waals surface area contributed by atoms with Crippen molar-refractivity contribution in [2.75, 3.05) is 13.1 Å². The molecule has 1 aromatic rings. The van der Waals surface area contributed by atoms with Gasteiger partial charge < -0.3 is 5.32 Å². The Hall–Kier alpha value is -1.40. The van der Waals surface area contributed by atoms with Crippen molar-refractivity contribution in [1.29, 1.82) is 0 Å². The molecule has 1 N–H and O–H groups in total. The standard InChI is InChI=1S/C23H38N2O3S/c1-15(2)8-9-18(5)24-23(26)21-10-12-25(13-11-21)29(27,28)22-19(6)16(3)14-17(4)20(22)7/h14-15,18,21H,8-13H2,1-7H3,(H,24,26). The highest BCUT2D eigenvalue weighted by molar-refractivity contribution is 7.89. The van der Waals surface area contributed by atoms with Crippen LogP contribution in [0.4, 0.5) is 0 Å². The molecule has 1 fully saturated rings. The van der Waals surface area contributed by atoms with Crippen molar-refractivity contribution >= 4 is 15.9 Å². The minimum absolute atomic E-state index is 0.0667. The predicted octanol–water partition coefficient (Wildman–Crippen LogP) is 4.26. The number of benzene rings is 1. The summed E-state index contributed by atoms with van der Waals surface area (Å²) >= 11 is 0. The van der Waals surface area contributed by atoms with Gasteiger partial charge in [0.05, 0.1) is 4.90 Å². The molecule has 5 nitrogen and oxygen atoms in total. The van der Waals surface area contributed by atoms with Crippen LogP contribution in [0.5, 0.6) is 0 Å². The maximum Gasteiger partial charge on any atom is 0.243 e. The first-order valence-electron chi connectivity index (χ1n) is 10.8. The second-order valence-corrected chi connectivity index (χ2v) is 11.0. The summed E-state index contributed by atoms with van der Waals surface area (Å²) < 4.78 is 28.3. The summed E-state index contributed by atoms with van der Waals surface area (Å²) in [4.78, 5) is 13.0. The maximum absolute atomic E-state index is 13.4. The molecule has 1 heterocycles. The first kappa shape index (κ1) is 23.9. The molecule has 1 unspecified atom stereocenters. The number of nitrogens with zero attached hydrogens (tertiary/aromatic N) is 1. The van der Waals surface area contributed by atoms with E-state index in [0.717, 1.165) is 35.1 Å². The molecule has 0 radical (unpaired) electrons. The van der Waals surface area contributed by atoms with Gasteiger partial charge in [0, 0.05) is 25.0 Å². The molecule has 164 valence electrons. The van der Waals surface area contributed by atoms with E-state index in [0.29, 0.717) is 36.7 Å². The first-order valence-corrected chi connectivity index (χ1v) is 12.3. The molecular formula is C23H38N2O3S. The smallest absolute Gasteiger partial charge is 0.243 e. The van der Waals surface area contributed by atoms with E-state index in [9.17, 15) is 13.2 Å². The second kappa shape index (κ2) is 9.61. The van der Waals surface area contributed by atoms with Gasteiger partial charge in [-0.05, 0) is 88.5 Å². The van der Waals surface area contributed by atoms with E-state index >= 15 is 0 Å². The van der Waals surface area contributed by atoms with E-state index < -0.39 is 10.0 Å². The number of carbonyl (C=O) groups is 1. The van der Waals surface area contributed by atoms with Crippen LogP contribution >= 0.6 is 0 Å². The van der Waals surface area contributed by atoms with Crippen LogP contribution in [-0.2, 0) is 14.8 Å². The summed E-state index contributed by atoms with van der Waals surface area (Å²) in [7, 11) is -3.56. The van der Waals surface area contributed by atoms with Gasteiger partial charge in [0.1, 0.15) is 0 Å². The molecule has 1 aromatic carbocycles. The Morgan fingerprint density at radius 3 is 2.03 bits per heavy atom. The molecule has 1 amide bonds. The maximum atomic E-state index is 13.4. The van der Waals surface area contributed by atoms with Crippen molar-refractivity contribution in [3.05, 3.63) is 28.3 Å². The summed E-state index contributed by atoms with van der Waals surface area (Å²) in [5.41, 5.74) is 3.64. The molecule has 29 heavy (non-hydrogen) atoms. The molecule has 1 aliphatic heterocycles. The van der Waals surface area contributed by atoms with Gasteiger partial charge >= 0.3 is 0 Å². The van der Waals surface area contributed by atoms with Crippen LogP contribution in [0.25, 0.3) is 0 Å². The zero-order valence-corrected chi connectivity index (χ0v) is 19.9. The molecule has 0 spiro atoms. The van der Waals surface area contributed by atoms with Crippen molar-refractivity contribution in [2.24, 2.45) is 11.8 Å². The monoisotopic (exact) mass is 422 g/mol. The van der Waals surface area contributed by atoms with Crippen LogP contribution in [0, 0.1) is 39.5 Å². The topological polar surface area (TPSA) is 66.5 Å². The SMILES string of the molecule is Cc1cc(C)c(C)c(S(=O)(=O)N2CCC(C(=O)NC(C)CCC(C)C)CC2)c1C. The van der Waals surface area contributed by atoms with E-state index in [2.05, 4.69) is 19.2 Å². The van der Waals surface area contributed by atoms with E-state index in [1.54, 1.807) is 4.31 Å². The summed E-state index contributed by atoms with van der Waals surface area (Å²) in [6.07, 6.45) is 3.21. The van der Waals surface area contributed by atoms with E-state index in [1.807, 2.05) is 40.7 Å². The fraction of sp³-hybridized carbons (Fsp3) is 0.696. The molecule has 1 aliphatic rings. The number of sulfonamides is 1. The van der Waals surface area contributed by atoms with Gasteiger partial charge in [0.15, 0.2) is 0 Å². The Balaban J connectivity index is 2.05. The third-order valence-corrected chi connectivity index (χ3v) is 8.46. The molecule has 0 saturated carbocycles. The van der Waals surface area contributed by atoms with Crippen LogP contribution in [0.2, 0.25) is 0 Å².